The molecule has 0 heterocycles. The number of rotatable bonds is 0. The molecule has 0 radical (unpaired) electrons. The van der Waals surface area contributed by atoms with Crippen molar-refractivity contribution in [2.24, 2.45) is 0 Å². The van der Waals surface area contributed by atoms with Crippen molar-refractivity contribution >= 4 is 0 Å². The molecule has 0 aromatic carbocycles. The summed E-state index contributed by atoms with van der Waals surface area (Å²) in [4.78, 5) is 0. The number of hydrogen-bond acceptors (Lipinski definition) is 1. The fourth-order valence-corrected chi connectivity index (χ4v) is 0. The van der Waals surface area contributed by atoms with Crippen LogP contribution >= 0.6 is 0 Å². The van der Waals surface area contributed by atoms with E-state index in [-0.39, 0.29) is 18.3 Å². The van der Waals surface area contributed by atoms with Crippen LogP contribution in [0, 0.1) is 12.3 Å². The van der Waals surface area contributed by atoms with E-state index in [1.165, 1.54) is 0 Å². The van der Waals surface area contributed by atoms with Gasteiger partial charge < -0.3 is 0 Å². The molecule has 0 bridgehead atoms. The topological polar surface area (TPSA) is 17.1 Å². The Morgan fingerprint density at radius 3 is 1.80 bits per heavy atom. The summed E-state index contributed by atoms with van der Waals surface area (Å²) in [5.41, 5.74) is 0. The fraction of sp³-hybridized carbons (Fsp3) is 0.333. The summed E-state index contributed by atoms with van der Waals surface area (Å²) in [5.74, 6) is 2.25. The van der Waals surface area contributed by atoms with Crippen molar-refractivity contribution in [2.75, 3.05) is 0 Å². The summed E-state index contributed by atoms with van der Waals surface area (Å²) < 4.78 is 8.38. The van der Waals surface area contributed by atoms with Gasteiger partial charge in [-0.3, -0.25) is 0 Å². The summed E-state index contributed by atoms with van der Waals surface area (Å²) in [5, 5.41) is 0. The van der Waals surface area contributed by atoms with Crippen LogP contribution in [0.1, 0.15) is 6.92 Å². The first-order valence-electron chi connectivity index (χ1n) is 1.08. The van der Waals surface area contributed by atoms with Crippen LogP contribution in [0.3, 0.4) is 0 Å². The van der Waals surface area contributed by atoms with E-state index in [0.717, 1.165) is 0 Å². The predicted octanol–water partition coefficient (Wildman–Crippen LogP) is 0.518. The fourth-order valence-electron chi connectivity index (χ4n) is 0. The van der Waals surface area contributed by atoms with Crippen molar-refractivity contribution in [1.29, 1.82) is 0 Å². The summed E-state index contributed by atoms with van der Waals surface area (Å²) in [7, 11) is 0. The zero-order valence-electron chi connectivity index (χ0n) is 3.19. The van der Waals surface area contributed by atoms with Crippen LogP contribution in [0.5, 0.6) is 0 Å². The quantitative estimate of drug-likeness (QED) is 0.337. The summed E-state index contributed by atoms with van der Waals surface area (Å²) in [6, 6.07) is 0. The van der Waals surface area contributed by atoms with Gasteiger partial charge >= 0.3 is 21.8 Å². The zero-order valence-corrected chi connectivity index (χ0v) is 6.16. The van der Waals surface area contributed by atoms with Gasteiger partial charge in [-0.15, -0.1) is 12.3 Å². The van der Waals surface area contributed by atoms with E-state index in [1.807, 2.05) is 0 Å². The van der Waals surface area contributed by atoms with Crippen LogP contribution in [-0.4, -0.2) is 0 Å². The summed E-state index contributed by atoms with van der Waals surface area (Å²) >= 11 is 0.125. The molecule has 0 amide bonds. The van der Waals surface area contributed by atoms with Crippen molar-refractivity contribution in [2.45, 2.75) is 6.92 Å². The third kappa shape index (κ3) is 56700. The maximum atomic E-state index is 8.38. The molecule has 24 valence electrons. The van der Waals surface area contributed by atoms with E-state index in [4.69, 9.17) is 3.57 Å². The third-order valence-corrected chi connectivity index (χ3v) is 0. The number of hydrogen-bond donors (Lipinski definition) is 0. The van der Waals surface area contributed by atoms with Crippen molar-refractivity contribution in [1.82, 2.24) is 0 Å². The Hall–Kier alpha value is -0.0166. The van der Waals surface area contributed by atoms with Gasteiger partial charge in [0.05, 0.1) is 0 Å². The Morgan fingerprint density at radius 1 is 1.80 bits per heavy atom. The van der Waals surface area contributed by atoms with Crippen molar-refractivity contribution < 1.29 is 21.8 Å². The van der Waals surface area contributed by atoms with Gasteiger partial charge in [0.1, 0.15) is 0 Å². The molecular weight excluding hydrogens is 117 g/mol. The van der Waals surface area contributed by atoms with E-state index < -0.39 is 0 Å². The molecule has 0 fully saturated rings. The normalized spacial score (nSPS) is 2.80. The van der Waals surface area contributed by atoms with E-state index >= 15 is 0 Å². The standard InChI is InChI=1S/C3H4.O.Zn/c1-3-2;;/h1H,2H3;;. The van der Waals surface area contributed by atoms with Gasteiger partial charge in [-0.1, -0.05) is 0 Å². The third-order valence-electron chi connectivity index (χ3n) is 0. The van der Waals surface area contributed by atoms with Gasteiger partial charge in [0.25, 0.3) is 0 Å². The first-order chi connectivity index (χ1) is 2.41. The molecule has 0 rings (SSSR count). The second kappa shape index (κ2) is 36.7. The minimum absolute atomic E-state index is 0.125. The van der Waals surface area contributed by atoms with Crippen LogP contribution in [0.4, 0.5) is 0 Å². The molecule has 0 aliphatic heterocycles. The first-order valence-corrected chi connectivity index (χ1v) is 2.29. The van der Waals surface area contributed by atoms with Crippen LogP contribution < -0.4 is 0 Å². The number of terminal acetylenes is 1. The molecule has 5 heavy (non-hydrogen) atoms. The van der Waals surface area contributed by atoms with Gasteiger partial charge in [-0.2, -0.15) is 0 Å². The Kier molecular flexibility index (Phi) is 65.1. The van der Waals surface area contributed by atoms with Gasteiger partial charge in [0.15, 0.2) is 0 Å². The second-order valence-corrected chi connectivity index (χ2v) is 0.289. The van der Waals surface area contributed by atoms with Crippen molar-refractivity contribution in [3.63, 3.8) is 0 Å². The van der Waals surface area contributed by atoms with E-state index in [0.29, 0.717) is 0 Å². The average Bonchev–Trinajstić information content (AvgIpc) is 1.46. The molecule has 1 nitrogen and oxygen atoms in total. The average molecular weight is 121 g/mol. The molecule has 0 atom stereocenters. The maximum absolute atomic E-state index is 8.38. The molecule has 0 N–H and O–H groups in total. The van der Waals surface area contributed by atoms with Gasteiger partial charge in [0.2, 0.25) is 0 Å². The molecule has 0 aliphatic rings. The molecule has 0 aromatic heterocycles. The van der Waals surface area contributed by atoms with Gasteiger partial charge in [-0.05, 0) is 6.92 Å². The van der Waals surface area contributed by atoms with Gasteiger partial charge in [0, 0.05) is 0 Å². The molecule has 0 aliphatic carbocycles. The Labute approximate surface area is 41.7 Å². The molecular formula is C3H4OZn. The van der Waals surface area contributed by atoms with Crippen molar-refractivity contribution in [3.8, 4) is 12.3 Å². The predicted molar refractivity (Wildman–Crippen MR) is 15.2 cm³/mol. The van der Waals surface area contributed by atoms with Crippen LogP contribution in [0.2, 0.25) is 0 Å². The van der Waals surface area contributed by atoms with Crippen LogP contribution in [0.15, 0.2) is 0 Å². The molecule has 0 aromatic rings. The summed E-state index contributed by atoms with van der Waals surface area (Å²) in [6.45, 7) is 1.65. The minimum atomic E-state index is 0.125. The van der Waals surface area contributed by atoms with Crippen LogP contribution in [-0.2, 0) is 21.8 Å². The molecule has 0 saturated carbocycles. The van der Waals surface area contributed by atoms with Crippen molar-refractivity contribution in [3.05, 3.63) is 0 Å². The Balaban J connectivity index is 0. The molecule has 0 spiro atoms. The van der Waals surface area contributed by atoms with E-state index in [2.05, 4.69) is 12.3 Å². The molecule has 2 heteroatoms. The SMILES string of the molecule is C#CC.[O]=[Zn]. The van der Waals surface area contributed by atoms with E-state index in [9.17, 15) is 0 Å². The molecule has 0 unspecified atom stereocenters. The first kappa shape index (κ1) is 8.88. The van der Waals surface area contributed by atoms with Gasteiger partial charge in [-0.25, -0.2) is 0 Å². The monoisotopic (exact) mass is 120 g/mol. The second-order valence-electron chi connectivity index (χ2n) is 0.289. The van der Waals surface area contributed by atoms with E-state index in [1.54, 1.807) is 6.92 Å². The zero-order chi connectivity index (χ0) is 4.71. The van der Waals surface area contributed by atoms with Crippen LogP contribution in [0.25, 0.3) is 0 Å². The Morgan fingerprint density at radius 2 is 1.80 bits per heavy atom. The molecule has 0 saturated heterocycles. The Bertz CT molecular complexity index is 36.6. The summed E-state index contributed by atoms with van der Waals surface area (Å²) in [6.07, 6.45) is 4.60.